The lowest BCUT2D eigenvalue weighted by Gasteiger charge is -2.23. The molecular formula is C22H21NO5S. The number of carbonyl (C=O) groups excluding carboxylic acids is 1. The smallest absolute Gasteiger partial charge is 0.272 e. The summed E-state index contributed by atoms with van der Waals surface area (Å²) >= 11 is 0. The van der Waals surface area contributed by atoms with Gasteiger partial charge < -0.3 is 9.47 Å². The number of sulfonamides is 1. The number of anilines is 1. The molecule has 7 heteroatoms. The minimum Gasteiger partial charge on any atom is -0.497 e. The maximum Gasteiger partial charge on any atom is 0.272 e. The van der Waals surface area contributed by atoms with Crippen molar-refractivity contribution in [2.24, 2.45) is 0 Å². The van der Waals surface area contributed by atoms with Crippen molar-refractivity contribution in [2.45, 2.75) is 11.8 Å². The minimum atomic E-state index is -4.21. The zero-order valence-electron chi connectivity index (χ0n) is 16.3. The van der Waals surface area contributed by atoms with E-state index in [1.807, 2.05) is 6.92 Å². The molecule has 0 spiro atoms. The van der Waals surface area contributed by atoms with E-state index in [2.05, 4.69) is 0 Å². The van der Waals surface area contributed by atoms with Gasteiger partial charge in [0.25, 0.3) is 15.9 Å². The number of carbonyl (C=O) groups is 1. The zero-order chi connectivity index (χ0) is 21.0. The molecule has 0 radical (unpaired) electrons. The van der Waals surface area contributed by atoms with Gasteiger partial charge in [-0.2, -0.15) is 4.31 Å². The van der Waals surface area contributed by atoms with Crippen molar-refractivity contribution in [3.8, 4) is 11.5 Å². The van der Waals surface area contributed by atoms with Crippen LogP contribution in [-0.2, 0) is 10.0 Å². The molecular weight excluding hydrogens is 390 g/mol. The van der Waals surface area contributed by atoms with Gasteiger partial charge >= 0.3 is 0 Å². The van der Waals surface area contributed by atoms with E-state index in [1.165, 1.54) is 38.5 Å². The van der Waals surface area contributed by atoms with Crippen LogP contribution in [0.25, 0.3) is 0 Å². The molecule has 0 aromatic heterocycles. The van der Waals surface area contributed by atoms with E-state index in [1.54, 1.807) is 48.5 Å². The summed E-state index contributed by atoms with van der Waals surface area (Å²) in [5.74, 6) is 0.318. The molecule has 0 heterocycles. The lowest BCUT2D eigenvalue weighted by Crippen LogP contribution is -2.37. The Labute approximate surface area is 170 Å². The second-order valence-electron chi connectivity index (χ2n) is 6.27. The number of hydrogen-bond acceptors (Lipinski definition) is 5. The first-order valence-corrected chi connectivity index (χ1v) is 10.3. The Morgan fingerprint density at radius 2 is 1.52 bits per heavy atom. The van der Waals surface area contributed by atoms with Crippen LogP contribution in [-0.4, -0.2) is 28.5 Å². The van der Waals surface area contributed by atoms with Crippen molar-refractivity contribution in [3.63, 3.8) is 0 Å². The normalized spacial score (nSPS) is 11.0. The van der Waals surface area contributed by atoms with E-state index in [4.69, 9.17) is 9.47 Å². The number of aryl methyl sites for hydroxylation is 1. The summed E-state index contributed by atoms with van der Waals surface area (Å²) in [5.41, 5.74) is 1.25. The van der Waals surface area contributed by atoms with E-state index < -0.39 is 15.9 Å². The third-order valence-corrected chi connectivity index (χ3v) is 6.14. The van der Waals surface area contributed by atoms with Crippen LogP contribution in [0.1, 0.15) is 15.9 Å². The maximum atomic E-state index is 13.5. The minimum absolute atomic E-state index is 0.0416. The number of benzene rings is 3. The van der Waals surface area contributed by atoms with Crippen molar-refractivity contribution in [3.05, 3.63) is 83.9 Å². The number of amides is 1. The van der Waals surface area contributed by atoms with Crippen LogP contribution in [0.3, 0.4) is 0 Å². The van der Waals surface area contributed by atoms with Crippen molar-refractivity contribution < 1.29 is 22.7 Å². The van der Waals surface area contributed by atoms with Crippen LogP contribution in [0.5, 0.6) is 11.5 Å². The van der Waals surface area contributed by atoms with Crippen LogP contribution in [0.2, 0.25) is 0 Å². The van der Waals surface area contributed by atoms with Gasteiger partial charge in [-0.25, -0.2) is 8.42 Å². The molecule has 0 unspecified atom stereocenters. The third-order valence-electron chi connectivity index (χ3n) is 4.43. The average Bonchev–Trinajstić information content (AvgIpc) is 2.75. The van der Waals surface area contributed by atoms with E-state index >= 15 is 0 Å². The lowest BCUT2D eigenvalue weighted by molar-refractivity contribution is 0.101. The highest BCUT2D eigenvalue weighted by Gasteiger charge is 2.32. The summed E-state index contributed by atoms with van der Waals surface area (Å²) < 4.78 is 38.2. The number of ether oxygens (including phenoxy) is 2. The molecule has 6 nitrogen and oxygen atoms in total. The molecule has 150 valence electrons. The molecule has 29 heavy (non-hydrogen) atoms. The van der Waals surface area contributed by atoms with Crippen molar-refractivity contribution in [1.29, 1.82) is 0 Å². The zero-order valence-corrected chi connectivity index (χ0v) is 17.1. The summed E-state index contributed by atoms with van der Waals surface area (Å²) in [6.07, 6.45) is 0. The van der Waals surface area contributed by atoms with Gasteiger partial charge in [-0.1, -0.05) is 24.3 Å². The Hall–Kier alpha value is -3.32. The standard InChI is InChI=1S/C22H21NO5S/c1-16-9-14-20(15-21(16)28-3)29(25,26)23(18-10-12-19(27-2)13-11-18)22(24)17-7-5-4-6-8-17/h4-15H,1-3H3. The molecule has 0 atom stereocenters. The number of nitrogens with zero attached hydrogens (tertiary/aromatic N) is 1. The van der Waals surface area contributed by atoms with Gasteiger partial charge in [0.2, 0.25) is 0 Å². The van der Waals surface area contributed by atoms with Crippen molar-refractivity contribution >= 4 is 21.6 Å². The average molecular weight is 411 g/mol. The molecule has 0 saturated carbocycles. The van der Waals surface area contributed by atoms with Gasteiger partial charge in [0.05, 0.1) is 24.8 Å². The second kappa shape index (κ2) is 8.36. The summed E-state index contributed by atoms with van der Waals surface area (Å²) in [7, 11) is -1.23. The van der Waals surface area contributed by atoms with Crippen molar-refractivity contribution in [1.82, 2.24) is 0 Å². The third kappa shape index (κ3) is 4.09. The Balaban J connectivity index is 2.17. The highest BCUT2D eigenvalue weighted by Crippen LogP contribution is 2.30. The first kappa shape index (κ1) is 20.4. The van der Waals surface area contributed by atoms with E-state index in [-0.39, 0.29) is 16.1 Å². The molecule has 1 amide bonds. The van der Waals surface area contributed by atoms with Gasteiger partial charge in [0.1, 0.15) is 11.5 Å². The van der Waals surface area contributed by atoms with Gasteiger partial charge in [0.15, 0.2) is 0 Å². The molecule has 3 aromatic carbocycles. The van der Waals surface area contributed by atoms with E-state index in [9.17, 15) is 13.2 Å². The van der Waals surface area contributed by atoms with E-state index in [0.29, 0.717) is 11.5 Å². The topological polar surface area (TPSA) is 72.9 Å². The molecule has 0 aliphatic heterocycles. The lowest BCUT2D eigenvalue weighted by atomic mass is 10.2. The highest BCUT2D eigenvalue weighted by molar-refractivity contribution is 7.93. The van der Waals surface area contributed by atoms with Gasteiger partial charge in [-0.3, -0.25) is 4.79 Å². The summed E-state index contributed by atoms with van der Waals surface area (Å²) in [4.78, 5) is 13.2. The summed E-state index contributed by atoms with van der Waals surface area (Å²) in [5, 5.41) is 0. The number of methoxy groups -OCH3 is 2. The SMILES string of the molecule is COc1ccc(N(C(=O)c2ccccc2)S(=O)(=O)c2ccc(C)c(OC)c2)cc1. The van der Waals surface area contributed by atoms with Gasteiger partial charge in [-0.15, -0.1) is 0 Å². The largest absolute Gasteiger partial charge is 0.497 e. The maximum absolute atomic E-state index is 13.5. The van der Waals surface area contributed by atoms with Crippen LogP contribution >= 0.6 is 0 Å². The summed E-state index contributed by atoms with van der Waals surface area (Å²) in [6, 6.07) is 19.1. The molecule has 3 aromatic rings. The molecule has 0 fully saturated rings. The Morgan fingerprint density at radius 3 is 2.10 bits per heavy atom. The summed E-state index contributed by atoms with van der Waals surface area (Å²) in [6.45, 7) is 1.81. The first-order valence-electron chi connectivity index (χ1n) is 8.82. The Bertz CT molecular complexity index is 1110. The molecule has 3 rings (SSSR count). The fraction of sp³-hybridized carbons (Fsp3) is 0.136. The Kier molecular flexibility index (Phi) is 5.89. The number of hydrogen-bond donors (Lipinski definition) is 0. The molecule has 0 N–H and O–H groups in total. The highest BCUT2D eigenvalue weighted by atomic mass is 32.2. The predicted octanol–water partition coefficient (Wildman–Crippen LogP) is 4.05. The predicted molar refractivity (Wildman–Crippen MR) is 111 cm³/mol. The van der Waals surface area contributed by atoms with Crippen LogP contribution < -0.4 is 13.8 Å². The number of rotatable bonds is 6. The quantitative estimate of drug-likeness (QED) is 0.612. The first-order chi connectivity index (χ1) is 13.9. The van der Waals surface area contributed by atoms with Gasteiger partial charge in [-0.05, 0) is 55.0 Å². The van der Waals surface area contributed by atoms with Crippen LogP contribution in [0.15, 0.2) is 77.7 Å². The van der Waals surface area contributed by atoms with Crippen LogP contribution in [0, 0.1) is 6.92 Å². The van der Waals surface area contributed by atoms with Crippen LogP contribution in [0.4, 0.5) is 5.69 Å². The molecule has 0 aliphatic carbocycles. The van der Waals surface area contributed by atoms with Crippen molar-refractivity contribution in [2.75, 3.05) is 18.5 Å². The van der Waals surface area contributed by atoms with E-state index in [0.717, 1.165) is 9.87 Å². The molecule has 0 aliphatic rings. The molecule has 0 saturated heterocycles. The Morgan fingerprint density at radius 1 is 0.862 bits per heavy atom. The fourth-order valence-electron chi connectivity index (χ4n) is 2.85. The second-order valence-corrected chi connectivity index (χ2v) is 8.06. The molecule has 0 bridgehead atoms. The monoisotopic (exact) mass is 411 g/mol. The van der Waals surface area contributed by atoms with Gasteiger partial charge in [0, 0.05) is 11.6 Å². The fourth-order valence-corrected chi connectivity index (χ4v) is 4.28.